The van der Waals surface area contributed by atoms with Gasteiger partial charge in [0.05, 0.1) is 21.6 Å². The van der Waals surface area contributed by atoms with Crippen molar-refractivity contribution in [3.05, 3.63) is 35.7 Å². The van der Waals surface area contributed by atoms with Crippen molar-refractivity contribution < 1.29 is 8.42 Å². The maximum absolute atomic E-state index is 11.6. The van der Waals surface area contributed by atoms with Crippen LogP contribution in [0.4, 0.5) is 0 Å². The van der Waals surface area contributed by atoms with Crippen LogP contribution in [0.15, 0.2) is 29.2 Å². The van der Waals surface area contributed by atoms with Crippen molar-refractivity contribution in [2.24, 2.45) is 0 Å². The monoisotopic (exact) mass is 327 g/mol. The third kappa shape index (κ3) is 2.11. The predicted octanol–water partition coefficient (Wildman–Crippen LogP) is 3.03. The van der Waals surface area contributed by atoms with Crippen molar-refractivity contribution in [1.82, 2.24) is 14.8 Å². The number of hydrogen-bond acceptors (Lipinski definition) is 5. The summed E-state index contributed by atoms with van der Waals surface area (Å²) in [5.41, 5.74) is 1.70. The number of aromatic nitrogens is 3. The second-order valence-corrected chi connectivity index (χ2v) is 7.83. The highest BCUT2D eigenvalue weighted by Crippen LogP contribution is 2.29. The molecule has 0 aliphatic carbocycles. The molecular weight excluding hydrogens is 318 g/mol. The van der Waals surface area contributed by atoms with Gasteiger partial charge in [0, 0.05) is 10.7 Å². The Morgan fingerprint density at radius 1 is 1.25 bits per heavy atom. The molecule has 3 aromatic rings. The van der Waals surface area contributed by atoms with Crippen molar-refractivity contribution in [2.45, 2.75) is 18.7 Å². The zero-order chi connectivity index (χ0) is 14.5. The molecule has 3 rings (SSSR count). The molecule has 0 fully saturated rings. The average Bonchev–Trinajstić information content (AvgIpc) is 2.88. The van der Waals surface area contributed by atoms with E-state index in [-0.39, 0.29) is 4.90 Å². The van der Waals surface area contributed by atoms with Crippen LogP contribution in [0, 0.1) is 13.8 Å². The van der Waals surface area contributed by atoms with Gasteiger partial charge in [0.1, 0.15) is 4.90 Å². The number of fused-ring (bicyclic) bond motifs is 1. The highest BCUT2D eigenvalue weighted by Gasteiger charge is 2.24. The fourth-order valence-electron chi connectivity index (χ4n) is 2.12. The van der Waals surface area contributed by atoms with Crippen LogP contribution < -0.4 is 0 Å². The molecule has 0 N–H and O–H groups in total. The third-order valence-electron chi connectivity index (χ3n) is 2.93. The smallest absolute Gasteiger partial charge is 0.218 e. The maximum atomic E-state index is 11.6. The molecule has 5 nitrogen and oxygen atoms in total. The molecule has 0 saturated heterocycles. The Bertz CT molecular complexity index is 879. The second kappa shape index (κ2) is 4.54. The van der Waals surface area contributed by atoms with E-state index in [1.807, 2.05) is 24.3 Å². The minimum Gasteiger partial charge on any atom is -0.218 e. The van der Waals surface area contributed by atoms with Crippen LogP contribution in [0.5, 0.6) is 0 Å². The van der Waals surface area contributed by atoms with Gasteiger partial charge >= 0.3 is 0 Å². The van der Waals surface area contributed by atoms with Gasteiger partial charge in [-0.15, -0.1) is 0 Å². The molecule has 0 saturated carbocycles. The van der Waals surface area contributed by atoms with Crippen LogP contribution in [0.3, 0.4) is 0 Å². The lowest BCUT2D eigenvalue weighted by Crippen LogP contribution is -1.99. The fourth-order valence-corrected chi connectivity index (χ4v) is 4.59. The number of nitrogens with zero attached hydrogens (tertiary/aromatic N) is 3. The first-order chi connectivity index (χ1) is 9.38. The zero-order valence-corrected chi connectivity index (χ0v) is 13.1. The first-order valence-corrected chi connectivity index (χ1v) is 8.87. The summed E-state index contributed by atoms with van der Waals surface area (Å²) in [6.07, 6.45) is 0. The topological polar surface area (TPSA) is 64.8 Å². The summed E-state index contributed by atoms with van der Waals surface area (Å²) in [7, 11) is 1.63. The number of benzene rings is 1. The van der Waals surface area contributed by atoms with Crippen molar-refractivity contribution in [3.63, 3.8) is 0 Å². The number of para-hydroxylation sites is 1. The van der Waals surface area contributed by atoms with Gasteiger partial charge in [0.15, 0.2) is 0 Å². The van der Waals surface area contributed by atoms with E-state index in [9.17, 15) is 8.42 Å². The third-order valence-corrected chi connectivity index (χ3v) is 5.49. The lowest BCUT2D eigenvalue weighted by atomic mass is 10.3. The van der Waals surface area contributed by atoms with Crippen molar-refractivity contribution in [2.75, 3.05) is 0 Å². The van der Waals surface area contributed by atoms with E-state index in [0.717, 1.165) is 10.2 Å². The van der Waals surface area contributed by atoms with Crippen molar-refractivity contribution in [1.29, 1.82) is 0 Å². The number of halogens is 1. The molecule has 0 bridgehead atoms. The lowest BCUT2D eigenvalue weighted by molar-refractivity contribution is 0.608. The quantitative estimate of drug-likeness (QED) is 0.679. The van der Waals surface area contributed by atoms with Gasteiger partial charge in [-0.25, -0.2) is 18.1 Å². The van der Waals surface area contributed by atoms with Gasteiger partial charge in [0.25, 0.3) is 9.05 Å². The number of rotatable bonds is 2. The Labute approximate surface area is 124 Å². The van der Waals surface area contributed by atoms with E-state index in [1.165, 1.54) is 16.0 Å². The Balaban J connectivity index is 2.25. The maximum Gasteiger partial charge on any atom is 0.264 e. The molecule has 0 aliphatic heterocycles. The molecule has 2 aromatic heterocycles. The summed E-state index contributed by atoms with van der Waals surface area (Å²) < 4.78 is 25.7. The molecule has 0 amide bonds. The van der Waals surface area contributed by atoms with Gasteiger partial charge in [-0.2, -0.15) is 5.10 Å². The van der Waals surface area contributed by atoms with Crippen molar-refractivity contribution >= 4 is 41.3 Å². The Hall–Kier alpha value is -1.44. The van der Waals surface area contributed by atoms with Gasteiger partial charge in [0.2, 0.25) is 5.13 Å². The van der Waals surface area contributed by atoms with Crippen LogP contribution in [0.2, 0.25) is 0 Å². The average molecular weight is 328 g/mol. The Morgan fingerprint density at radius 2 is 1.95 bits per heavy atom. The molecule has 20 heavy (non-hydrogen) atoms. The lowest BCUT2D eigenvalue weighted by Gasteiger charge is -1.98. The molecule has 1 aromatic carbocycles. The molecule has 104 valence electrons. The minimum atomic E-state index is -3.82. The SMILES string of the molecule is Cc1nn(-c2nc3ccccc3s2)c(C)c1S(=O)(=O)Cl. The molecule has 0 atom stereocenters. The fraction of sp³-hybridized carbons (Fsp3) is 0.167. The van der Waals surface area contributed by atoms with Gasteiger partial charge in [-0.05, 0) is 26.0 Å². The predicted molar refractivity (Wildman–Crippen MR) is 79.3 cm³/mol. The second-order valence-electron chi connectivity index (χ2n) is 4.31. The largest absolute Gasteiger partial charge is 0.264 e. The van der Waals surface area contributed by atoms with E-state index < -0.39 is 9.05 Å². The van der Waals surface area contributed by atoms with E-state index in [0.29, 0.717) is 16.5 Å². The Kier molecular flexibility index (Phi) is 3.07. The van der Waals surface area contributed by atoms with Crippen LogP contribution in [0.1, 0.15) is 11.4 Å². The van der Waals surface area contributed by atoms with Crippen molar-refractivity contribution in [3.8, 4) is 5.13 Å². The molecule has 2 heterocycles. The van der Waals surface area contributed by atoms with E-state index in [1.54, 1.807) is 13.8 Å². The first-order valence-electron chi connectivity index (χ1n) is 5.75. The highest BCUT2D eigenvalue weighted by molar-refractivity contribution is 8.13. The summed E-state index contributed by atoms with van der Waals surface area (Å²) in [5.74, 6) is 0. The highest BCUT2D eigenvalue weighted by atomic mass is 35.7. The molecule has 0 radical (unpaired) electrons. The van der Waals surface area contributed by atoms with Gasteiger partial charge in [-0.1, -0.05) is 23.5 Å². The van der Waals surface area contributed by atoms with Gasteiger partial charge in [-0.3, -0.25) is 0 Å². The summed E-state index contributed by atoms with van der Waals surface area (Å²) in [5, 5.41) is 4.87. The van der Waals surface area contributed by atoms with Crippen LogP contribution >= 0.6 is 22.0 Å². The standard InChI is InChI=1S/C12H10ClN3O2S2/c1-7-11(20(13,17)18)8(2)16(15-7)12-14-9-5-3-4-6-10(9)19-12/h3-6H,1-2H3. The van der Waals surface area contributed by atoms with E-state index >= 15 is 0 Å². The first kappa shape index (κ1) is 13.5. The summed E-state index contributed by atoms with van der Waals surface area (Å²) in [6, 6.07) is 7.70. The molecule has 0 spiro atoms. The minimum absolute atomic E-state index is 0.0541. The van der Waals surface area contributed by atoms with Crippen LogP contribution in [-0.2, 0) is 9.05 Å². The molecule has 0 unspecified atom stereocenters. The van der Waals surface area contributed by atoms with Crippen LogP contribution in [0.25, 0.3) is 15.3 Å². The summed E-state index contributed by atoms with van der Waals surface area (Å²) in [6.45, 7) is 3.29. The number of thiazole rings is 1. The normalized spacial score (nSPS) is 12.2. The molecule has 0 aliphatic rings. The Morgan fingerprint density at radius 3 is 2.55 bits per heavy atom. The molecule has 8 heteroatoms. The van der Waals surface area contributed by atoms with E-state index in [4.69, 9.17) is 10.7 Å². The number of aryl methyl sites for hydroxylation is 1. The van der Waals surface area contributed by atoms with E-state index in [2.05, 4.69) is 10.1 Å². The molecular formula is C12H10ClN3O2S2. The van der Waals surface area contributed by atoms with Gasteiger partial charge < -0.3 is 0 Å². The number of hydrogen-bond donors (Lipinski definition) is 0. The van der Waals surface area contributed by atoms with Crippen LogP contribution in [-0.4, -0.2) is 23.2 Å². The summed E-state index contributed by atoms with van der Waals surface area (Å²) >= 11 is 1.45. The zero-order valence-electron chi connectivity index (χ0n) is 10.7. The summed E-state index contributed by atoms with van der Waals surface area (Å²) in [4.78, 5) is 4.52.